The second-order valence-electron chi connectivity index (χ2n) is 18.9. The van der Waals surface area contributed by atoms with Gasteiger partial charge in [0.25, 0.3) is 0 Å². The summed E-state index contributed by atoms with van der Waals surface area (Å²) >= 11 is 0. The van der Waals surface area contributed by atoms with Crippen molar-refractivity contribution in [2.24, 2.45) is 0 Å². The number of aromatic hydroxyl groups is 4. The number of fused-ring (bicyclic) bond motifs is 4. The van der Waals surface area contributed by atoms with Crippen molar-refractivity contribution < 1.29 is 20.4 Å². The van der Waals surface area contributed by atoms with E-state index in [9.17, 15) is 20.4 Å². The van der Waals surface area contributed by atoms with Crippen molar-refractivity contribution in [2.75, 3.05) is 0 Å². The van der Waals surface area contributed by atoms with E-state index in [0.717, 1.165) is 87.6 Å². The van der Waals surface area contributed by atoms with Crippen molar-refractivity contribution in [2.45, 2.75) is 0 Å². The highest BCUT2D eigenvalue weighted by Gasteiger charge is 2.26. The quantitative estimate of drug-likeness (QED) is 0.122. The van der Waals surface area contributed by atoms with Crippen LogP contribution in [0.1, 0.15) is 0 Å². The molecule has 74 heavy (non-hydrogen) atoms. The van der Waals surface area contributed by atoms with Gasteiger partial charge in [-0.25, -0.2) is 0 Å². The van der Waals surface area contributed by atoms with Crippen molar-refractivity contribution >= 4 is 43.1 Å². The van der Waals surface area contributed by atoms with Crippen LogP contribution in [0.25, 0.3) is 132 Å². The predicted molar refractivity (Wildman–Crippen MR) is 307 cm³/mol. The third-order valence-electron chi connectivity index (χ3n) is 14.7. The van der Waals surface area contributed by atoms with E-state index in [4.69, 9.17) is 0 Å². The van der Waals surface area contributed by atoms with Gasteiger partial charge in [0.05, 0.1) is 0 Å². The maximum Gasteiger partial charge on any atom is 0.132 e. The second-order valence-corrected chi connectivity index (χ2v) is 18.9. The molecule has 0 amide bonds. The van der Waals surface area contributed by atoms with Crippen LogP contribution in [-0.2, 0) is 0 Å². The lowest BCUT2D eigenvalue weighted by molar-refractivity contribution is 0.472. The summed E-state index contributed by atoms with van der Waals surface area (Å²) in [6, 6.07) is 84.9. The maximum atomic E-state index is 12.5. The van der Waals surface area contributed by atoms with E-state index < -0.39 is 0 Å². The second kappa shape index (κ2) is 18.1. The van der Waals surface area contributed by atoms with Gasteiger partial charge in [0, 0.05) is 44.5 Å². The lowest BCUT2D eigenvalue weighted by Gasteiger charge is -2.20. The van der Waals surface area contributed by atoms with Gasteiger partial charge in [0.15, 0.2) is 0 Å². The Morgan fingerprint density at radius 2 is 0.419 bits per heavy atom. The first kappa shape index (κ1) is 44.1. The molecule has 0 aliphatic heterocycles. The molecule has 13 aromatic carbocycles. The number of benzene rings is 13. The fraction of sp³-hybridized carbons (Fsp3) is 0. The molecule has 0 aliphatic rings. The molecule has 4 nitrogen and oxygen atoms in total. The van der Waals surface area contributed by atoms with Crippen molar-refractivity contribution in [3.05, 3.63) is 255 Å². The third-order valence-corrected chi connectivity index (χ3v) is 14.7. The number of rotatable bonds is 8. The fourth-order valence-corrected chi connectivity index (χ4v) is 11.0. The summed E-state index contributed by atoms with van der Waals surface area (Å²) in [5.74, 6) is 0.424. The Morgan fingerprint density at radius 3 is 0.730 bits per heavy atom. The van der Waals surface area contributed by atoms with Crippen molar-refractivity contribution in [3.8, 4) is 112 Å². The lowest BCUT2D eigenvalue weighted by Crippen LogP contribution is -1.93. The SMILES string of the molecule is Oc1c(-c2ccccc2)cc2ccccc2c1-c1c(O)c(-c2ccccc2)cc2cc(-c3ccc(-c4ccc5c(-c6c(O)c(-c7ccccc7)cc7ccccc67)c(O)c(-c6ccccc6)cc5c4)cc3)ccc12. The number of phenolic OH excluding ortho intramolecular Hbond substituents is 4. The predicted octanol–water partition coefficient (Wildman–Crippen LogP) is 18.5. The summed E-state index contributed by atoms with van der Waals surface area (Å²) in [6.45, 7) is 0. The molecule has 0 heterocycles. The van der Waals surface area contributed by atoms with E-state index in [1.54, 1.807) is 0 Å². The molecule has 4 heteroatoms. The van der Waals surface area contributed by atoms with Crippen LogP contribution in [0.15, 0.2) is 255 Å². The summed E-state index contributed by atoms with van der Waals surface area (Å²) in [5.41, 5.74) is 12.6. The first-order valence-corrected chi connectivity index (χ1v) is 24.8. The fourth-order valence-electron chi connectivity index (χ4n) is 11.0. The number of phenols is 4. The Hall–Kier alpha value is -9.90. The Bertz CT molecular complexity index is 4020. The Labute approximate surface area is 428 Å². The highest BCUT2D eigenvalue weighted by Crippen LogP contribution is 2.54. The van der Waals surface area contributed by atoms with Gasteiger partial charge in [-0.15, -0.1) is 0 Å². The molecular formula is C70H46O4. The average Bonchev–Trinajstić information content (AvgIpc) is 3.46. The van der Waals surface area contributed by atoms with Gasteiger partial charge >= 0.3 is 0 Å². The summed E-state index contributed by atoms with van der Waals surface area (Å²) in [7, 11) is 0. The number of hydrogen-bond donors (Lipinski definition) is 4. The average molecular weight is 951 g/mol. The van der Waals surface area contributed by atoms with E-state index in [1.807, 2.05) is 194 Å². The van der Waals surface area contributed by atoms with Gasteiger partial charge in [0.1, 0.15) is 23.0 Å². The molecule has 0 spiro atoms. The zero-order valence-electron chi connectivity index (χ0n) is 40.0. The molecule has 0 fully saturated rings. The Morgan fingerprint density at radius 1 is 0.176 bits per heavy atom. The first-order chi connectivity index (χ1) is 36.4. The summed E-state index contributed by atoms with van der Waals surface area (Å²) < 4.78 is 0. The van der Waals surface area contributed by atoms with E-state index in [-0.39, 0.29) is 23.0 Å². The molecule has 0 radical (unpaired) electrons. The van der Waals surface area contributed by atoms with E-state index in [0.29, 0.717) is 44.5 Å². The Kier molecular flexibility index (Phi) is 10.8. The lowest BCUT2D eigenvalue weighted by atomic mass is 9.85. The summed E-state index contributed by atoms with van der Waals surface area (Å²) in [5, 5.41) is 56.7. The van der Waals surface area contributed by atoms with Gasteiger partial charge in [-0.05, 0) is 124 Å². The van der Waals surface area contributed by atoms with Crippen LogP contribution in [-0.4, -0.2) is 20.4 Å². The number of hydrogen-bond acceptors (Lipinski definition) is 4. The zero-order valence-corrected chi connectivity index (χ0v) is 40.0. The molecule has 0 unspecified atom stereocenters. The highest BCUT2D eigenvalue weighted by atomic mass is 16.3. The van der Waals surface area contributed by atoms with E-state index in [2.05, 4.69) is 60.7 Å². The minimum absolute atomic E-state index is 0.103. The van der Waals surface area contributed by atoms with Gasteiger partial charge in [-0.1, -0.05) is 218 Å². The van der Waals surface area contributed by atoms with Crippen molar-refractivity contribution in [1.29, 1.82) is 0 Å². The molecule has 0 aromatic heterocycles. The normalized spacial score (nSPS) is 11.5. The molecule has 0 aliphatic carbocycles. The van der Waals surface area contributed by atoms with Crippen LogP contribution in [0.3, 0.4) is 0 Å². The van der Waals surface area contributed by atoms with Crippen LogP contribution >= 0.6 is 0 Å². The largest absolute Gasteiger partial charge is 0.507 e. The molecule has 0 atom stereocenters. The van der Waals surface area contributed by atoms with Crippen molar-refractivity contribution in [1.82, 2.24) is 0 Å². The van der Waals surface area contributed by atoms with Crippen LogP contribution in [0.2, 0.25) is 0 Å². The summed E-state index contributed by atoms with van der Waals surface area (Å²) in [4.78, 5) is 0. The maximum absolute atomic E-state index is 12.5. The monoisotopic (exact) mass is 950 g/mol. The van der Waals surface area contributed by atoms with E-state index >= 15 is 0 Å². The molecule has 13 aromatic rings. The van der Waals surface area contributed by atoms with Gasteiger partial charge in [-0.2, -0.15) is 0 Å². The third kappa shape index (κ3) is 7.48. The van der Waals surface area contributed by atoms with Gasteiger partial charge in [0.2, 0.25) is 0 Å². The minimum Gasteiger partial charge on any atom is -0.507 e. The smallest absolute Gasteiger partial charge is 0.132 e. The van der Waals surface area contributed by atoms with Gasteiger partial charge in [-0.3, -0.25) is 0 Å². The van der Waals surface area contributed by atoms with Gasteiger partial charge < -0.3 is 20.4 Å². The molecule has 0 saturated carbocycles. The standard InChI is InChI=1S/C70H46O4/c71-67-59(45-17-5-1-6-18-45)39-51-25-13-15-27-55(51)63(67)65-57-35-33-49(37-53(57)41-61(69(65)73)47-21-9-3-10-22-47)43-29-31-44(32-30-43)50-34-36-58-54(38-50)42-62(48-23-11-4-12-24-48)70(74)66(58)64-56-28-16-14-26-52(56)40-60(68(64)72)46-19-7-2-8-20-46/h1-42,71-74H. The minimum atomic E-state index is 0.103. The molecule has 350 valence electrons. The van der Waals surface area contributed by atoms with Crippen molar-refractivity contribution in [3.63, 3.8) is 0 Å². The van der Waals surface area contributed by atoms with Crippen LogP contribution < -0.4 is 0 Å². The molecule has 4 N–H and O–H groups in total. The first-order valence-electron chi connectivity index (χ1n) is 24.8. The van der Waals surface area contributed by atoms with Crippen LogP contribution in [0.4, 0.5) is 0 Å². The molecule has 0 bridgehead atoms. The van der Waals surface area contributed by atoms with Crippen LogP contribution in [0, 0.1) is 0 Å². The molecule has 13 rings (SSSR count). The highest BCUT2D eigenvalue weighted by molar-refractivity contribution is 6.16. The zero-order chi connectivity index (χ0) is 49.9. The molecule has 0 saturated heterocycles. The Balaban J connectivity index is 0.945. The van der Waals surface area contributed by atoms with Crippen LogP contribution in [0.5, 0.6) is 23.0 Å². The van der Waals surface area contributed by atoms with E-state index in [1.165, 1.54) is 0 Å². The summed E-state index contributed by atoms with van der Waals surface area (Å²) in [6.07, 6.45) is 0. The molecular weight excluding hydrogens is 905 g/mol. The topological polar surface area (TPSA) is 80.9 Å².